The second-order valence-electron chi connectivity index (χ2n) is 5.08. The summed E-state index contributed by atoms with van der Waals surface area (Å²) in [6, 6.07) is 14.4. The van der Waals surface area contributed by atoms with E-state index in [2.05, 4.69) is 4.98 Å². The molecule has 0 aliphatic carbocycles. The first kappa shape index (κ1) is 15.6. The maximum atomic E-state index is 13.7. The summed E-state index contributed by atoms with van der Waals surface area (Å²) in [5.74, 6) is 0.320. The summed E-state index contributed by atoms with van der Waals surface area (Å²) in [5.41, 5.74) is 8.01. The Balaban J connectivity index is 1.85. The van der Waals surface area contributed by atoms with Gasteiger partial charge in [-0.05, 0) is 30.3 Å². The van der Waals surface area contributed by atoms with Gasteiger partial charge in [0, 0.05) is 17.4 Å². The molecular formula is C18H17FN2OS. The SMILES string of the molecule is NCCc1nc(-c2cc(F)ccc2OCc2ccccc2)cs1. The van der Waals surface area contributed by atoms with Crippen LogP contribution in [0.4, 0.5) is 4.39 Å². The van der Waals surface area contributed by atoms with E-state index in [1.165, 1.54) is 23.5 Å². The first-order valence-corrected chi connectivity index (χ1v) is 8.25. The van der Waals surface area contributed by atoms with Crippen molar-refractivity contribution in [1.29, 1.82) is 0 Å². The van der Waals surface area contributed by atoms with Crippen LogP contribution in [0.1, 0.15) is 10.6 Å². The fourth-order valence-corrected chi connectivity index (χ4v) is 3.05. The maximum absolute atomic E-state index is 13.7. The number of ether oxygens (including phenoxy) is 1. The van der Waals surface area contributed by atoms with Crippen molar-refractivity contribution in [2.24, 2.45) is 5.73 Å². The molecule has 2 N–H and O–H groups in total. The lowest BCUT2D eigenvalue weighted by atomic mass is 10.1. The van der Waals surface area contributed by atoms with Crippen molar-refractivity contribution in [3.05, 3.63) is 70.3 Å². The van der Waals surface area contributed by atoms with Gasteiger partial charge in [0.25, 0.3) is 0 Å². The summed E-state index contributed by atoms with van der Waals surface area (Å²) < 4.78 is 19.5. The molecule has 0 saturated carbocycles. The topological polar surface area (TPSA) is 48.1 Å². The van der Waals surface area contributed by atoms with Crippen molar-refractivity contribution in [3.63, 3.8) is 0 Å². The Kier molecular flexibility index (Phi) is 5.00. The zero-order chi connectivity index (χ0) is 16.1. The zero-order valence-electron chi connectivity index (χ0n) is 12.5. The number of rotatable bonds is 6. The first-order chi connectivity index (χ1) is 11.3. The molecule has 0 amide bonds. The summed E-state index contributed by atoms with van der Waals surface area (Å²) in [6.45, 7) is 0.979. The molecule has 0 spiro atoms. The normalized spacial score (nSPS) is 10.7. The van der Waals surface area contributed by atoms with Crippen LogP contribution in [0, 0.1) is 5.82 Å². The number of thiazole rings is 1. The molecule has 1 aromatic heterocycles. The van der Waals surface area contributed by atoms with E-state index < -0.39 is 0 Å². The van der Waals surface area contributed by atoms with E-state index in [9.17, 15) is 4.39 Å². The average molecular weight is 328 g/mol. The van der Waals surface area contributed by atoms with Gasteiger partial charge >= 0.3 is 0 Å². The molecule has 0 saturated heterocycles. The summed E-state index contributed by atoms with van der Waals surface area (Å²) in [4.78, 5) is 4.52. The summed E-state index contributed by atoms with van der Waals surface area (Å²) in [7, 11) is 0. The third-order valence-electron chi connectivity index (χ3n) is 3.36. The van der Waals surface area contributed by atoms with Crippen LogP contribution in [0.3, 0.4) is 0 Å². The molecule has 2 aromatic carbocycles. The minimum Gasteiger partial charge on any atom is -0.488 e. The lowest BCUT2D eigenvalue weighted by molar-refractivity contribution is 0.307. The Morgan fingerprint density at radius 1 is 1.13 bits per heavy atom. The van der Waals surface area contributed by atoms with Gasteiger partial charge in [0.1, 0.15) is 18.2 Å². The highest BCUT2D eigenvalue weighted by Gasteiger charge is 2.12. The van der Waals surface area contributed by atoms with Gasteiger partial charge in [0.15, 0.2) is 0 Å². The highest BCUT2D eigenvalue weighted by molar-refractivity contribution is 7.09. The molecule has 0 radical (unpaired) electrons. The monoisotopic (exact) mass is 328 g/mol. The molecule has 0 unspecified atom stereocenters. The molecule has 3 rings (SSSR count). The van der Waals surface area contributed by atoms with Gasteiger partial charge in [0.2, 0.25) is 0 Å². The smallest absolute Gasteiger partial charge is 0.129 e. The van der Waals surface area contributed by atoms with E-state index in [4.69, 9.17) is 10.5 Å². The zero-order valence-corrected chi connectivity index (χ0v) is 13.4. The molecule has 0 atom stereocenters. The van der Waals surface area contributed by atoms with Crippen LogP contribution in [0.25, 0.3) is 11.3 Å². The summed E-state index contributed by atoms with van der Waals surface area (Å²) in [5, 5.41) is 2.86. The van der Waals surface area contributed by atoms with E-state index in [0.29, 0.717) is 24.5 Å². The number of hydrogen-bond donors (Lipinski definition) is 1. The Hall–Kier alpha value is -2.24. The van der Waals surface area contributed by atoms with E-state index in [-0.39, 0.29) is 5.82 Å². The van der Waals surface area contributed by atoms with Crippen LogP contribution in [0.15, 0.2) is 53.9 Å². The molecule has 3 aromatic rings. The molecule has 0 fully saturated rings. The predicted octanol–water partition coefficient (Wildman–Crippen LogP) is 4.03. The van der Waals surface area contributed by atoms with Gasteiger partial charge < -0.3 is 10.5 Å². The second-order valence-corrected chi connectivity index (χ2v) is 6.02. The van der Waals surface area contributed by atoms with Gasteiger partial charge in [-0.2, -0.15) is 0 Å². The van der Waals surface area contributed by atoms with Crippen molar-refractivity contribution in [2.75, 3.05) is 6.54 Å². The molecule has 0 aliphatic heterocycles. The van der Waals surface area contributed by atoms with Crippen LogP contribution in [0.5, 0.6) is 5.75 Å². The van der Waals surface area contributed by atoms with Crippen molar-refractivity contribution < 1.29 is 9.13 Å². The Bertz CT molecular complexity index is 774. The van der Waals surface area contributed by atoms with Crippen LogP contribution < -0.4 is 10.5 Å². The number of aromatic nitrogens is 1. The minimum absolute atomic E-state index is 0.305. The lowest BCUT2D eigenvalue weighted by Crippen LogP contribution is -2.02. The second kappa shape index (κ2) is 7.35. The average Bonchev–Trinajstić information content (AvgIpc) is 3.03. The Morgan fingerprint density at radius 2 is 1.96 bits per heavy atom. The van der Waals surface area contributed by atoms with E-state index in [1.807, 2.05) is 35.7 Å². The molecule has 3 nitrogen and oxygen atoms in total. The van der Waals surface area contributed by atoms with E-state index >= 15 is 0 Å². The fraction of sp³-hybridized carbons (Fsp3) is 0.167. The van der Waals surface area contributed by atoms with E-state index in [1.54, 1.807) is 6.07 Å². The third kappa shape index (κ3) is 3.94. The largest absolute Gasteiger partial charge is 0.488 e. The van der Waals surface area contributed by atoms with Gasteiger partial charge in [-0.1, -0.05) is 30.3 Å². The Morgan fingerprint density at radius 3 is 2.74 bits per heavy atom. The number of benzene rings is 2. The molecule has 118 valence electrons. The number of hydrogen-bond acceptors (Lipinski definition) is 4. The predicted molar refractivity (Wildman–Crippen MR) is 91.0 cm³/mol. The molecule has 1 heterocycles. The number of nitrogens with two attached hydrogens (primary N) is 1. The molecule has 5 heteroatoms. The minimum atomic E-state index is -0.305. The van der Waals surface area contributed by atoms with Crippen molar-refractivity contribution in [2.45, 2.75) is 13.0 Å². The molecule has 0 bridgehead atoms. The Labute approximate surface area is 138 Å². The standard InChI is InChI=1S/C18H17FN2OS/c19-14-6-7-17(22-11-13-4-2-1-3-5-13)15(10-14)16-12-23-18(21-16)8-9-20/h1-7,10,12H,8-9,11,20H2. The van der Waals surface area contributed by atoms with Crippen molar-refractivity contribution >= 4 is 11.3 Å². The van der Waals surface area contributed by atoms with Crippen LogP contribution in [-0.4, -0.2) is 11.5 Å². The quantitative estimate of drug-likeness (QED) is 0.743. The first-order valence-electron chi connectivity index (χ1n) is 7.37. The van der Waals surface area contributed by atoms with Gasteiger partial charge in [0.05, 0.1) is 10.7 Å². The summed E-state index contributed by atoms with van der Waals surface area (Å²) in [6.07, 6.45) is 0.722. The van der Waals surface area contributed by atoms with Crippen molar-refractivity contribution in [1.82, 2.24) is 4.98 Å². The molecule has 23 heavy (non-hydrogen) atoms. The summed E-state index contributed by atoms with van der Waals surface area (Å²) >= 11 is 1.53. The van der Waals surface area contributed by atoms with Crippen molar-refractivity contribution in [3.8, 4) is 17.0 Å². The third-order valence-corrected chi connectivity index (χ3v) is 4.27. The highest BCUT2D eigenvalue weighted by Crippen LogP contribution is 2.32. The fourth-order valence-electron chi connectivity index (χ4n) is 2.24. The number of halogens is 1. The van der Waals surface area contributed by atoms with E-state index in [0.717, 1.165) is 22.7 Å². The highest BCUT2D eigenvalue weighted by atomic mass is 32.1. The van der Waals surface area contributed by atoms with Gasteiger partial charge in [-0.3, -0.25) is 0 Å². The van der Waals surface area contributed by atoms with Gasteiger partial charge in [-0.15, -0.1) is 11.3 Å². The van der Waals surface area contributed by atoms with Crippen LogP contribution in [-0.2, 0) is 13.0 Å². The lowest BCUT2D eigenvalue weighted by Gasteiger charge is -2.10. The molecule has 0 aliphatic rings. The van der Waals surface area contributed by atoms with Crippen LogP contribution in [0.2, 0.25) is 0 Å². The van der Waals surface area contributed by atoms with Gasteiger partial charge in [-0.25, -0.2) is 9.37 Å². The maximum Gasteiger partial charge on any atom is 0.129 e. The van der Waals surface area contributed by atoms with Crippen LogP contribution >= 0.6 is 11.3 Å². The molecular weight excluding hydrogens is 311 g/mol. The number of nitrogens with zero attached hydrogens (tertiary/aromatic N) is 1.